The fourth-order valence-electron chi connectivity index (χ4n) is 8.56. The molecule has 1 amide bonds. The Bertz CT molecular complexity index is 1560. The van der Waals surface area contributed by atoms with Gasteiger partial charge < -0.3 is 19.3 Å². The van der Waals surface area contributed by atoms with E-state index in [1.54, 1.807) is 0 Å². The third-order valence-corrected chi connectivity index (χ3v) is 11.6. The Balaban J connectivity index is 1.35. The predicted octanol–water partition coefficient (Wildman–Crippen LogP) is 6.90. The molecule has 2 aromatic carbocycles. The minimum absolute atomic E-state index is 0.104. The fourth-order valence-corrected chi connectivity index (χ4v) is 9.40. The minimum atomic E-state index is -1.54. The molecule has 1 aromatic heterocycles. The van der Waals surface area contributed by atoms with E-state index in [0.29, 0.717) is 35.1 Å². The molecule has 2 fully saturated rings. The number of carbonyl (C=O) groups excluding carboxylic acids is 1. The molecule has 4 bridgehead atoms. The van der Waals surface area contributed by atoms with Crippen LogP contribution in [-0.4, -0.2) is 56.7 Å². The van der Waals surface area contributed by atoms with Crippen molar-refractivity contribution in [1.29, 1.82) is 0 Å². The van der Waals surface area contributed by atoms with Gasteiger partial charge in [0.15, 0.2) is 4.90 Å². The van der Waals surface area contributed by atoms with Crippen LogP contribution in [0.2, 0.25) is 0 Å². The molecule has 1 aliphatic carbocycles. The molecular weight excluding hydrogens is 609 g/mol. The van der Waals surface area contributed by atoms with Crippen LogP contribution in [0.5, 0.6) is 5.88 Å². The standard InChI is InChI=1S/C38H50N4O4S/c1-25-9-6-10-26(2)35(25)32-18-33-40-36(39-32)41-47(45)30-12-7-11-27(17-30)13-14-31(29(23-46-33)19-37(3,4)5)28-20-38(21-28)15-8-16-42(24-38)34(44)22-43/h6-7,9-12,17-18,28-29,31,43H,8,13-16,19-24H2,1-5H3,(H,39,40,41)/t28-,29-,31?,38-,47?/m1/s1. The van der Waals surface area contributed by atoms with Gasteiger partial charge in [-0.3, -0.25) is 4.79 Å². The number of aliphatic hydroxyl groups excluding tert-OH is 1. The number of aromatic nitrogens is 2. The van der Waals surface area contributed by atoms with E-state index in [2.05, 4.69) is 63.6 Å². The smallest absolute Gasteiger partial charge is 0.269 e. The van der Waals surface area contributed by atoms with Crippen molar-refractivity contribution in [1.82, 2.24) is 14.9 Å². The van der Waals surface area contributed by atoms with Crippen molar-refractivity contribution in [2.75, 3.05) is 31.0 Å². The Labute approximate surface area is 283 Å². The van der Waals surface area contributed by atoms with Crippen LogP contribution in [0.25, 0.3) is 11.3 Å². The lowest BCUT2D eigenvalue weighted by Gasteiger charge is -2.56. The number of hydrogen-bond donors (Lipinski definition) is 2. The van der Waals surface area contributed by atoms with Crippen molar-refractivity contribution in [2.45, 2.75) is 84.5 Å². The third-order valence-electron chi connectivity index (χ3n) is 10.6. The number of nitrogens with zero attached hydrogens (tertiary/aromatic N) is 3. The van der Waals surface area contributed by atoms with Crippen LogP contribution in [-0.2, 0) is 22.6 Å². The Morgan fingerprint density at radius 1 is 1.13 bits per heavy atom. The number of benzene rings is 2. The van der Waals surface area contributed by atoms with Gasteiger partial charge in [-0.1, -0.05) is 51.1 Å². The van der Waals surface area contributed by atoms with Crippen LogP contribution in [0.1, 0.15) is 76.0 Å². The van der Waals surface area contributed by atoms with E-state index < -0.39 is 18.0 Å². The molecule has 2 unspecified atom stereocenters. The molecule has 8 nitrogen and oxygen atoms in total. The maximum atomic E-state index is 13.6. The molecule has 0 radical (unpaired) electrons. The van der Waals surface area contributed by atoms with E-state index in [1.165, 1.54) is 5.56 Å². The predicted molar refractivity (Wildman–Crippen MR) is 186 cm³/mol. The molecule has 2 N–H and O–H groups in total. The Morgan fingerprint density at radius 3 is 2.60 bits per heavy atom. The summed E-state index contributed by atoms with van der Waals surface area (Å²) in [4.78, 5) is 24.6. The summed E-state index contributed by atoms with van der Waals surface area (Å²) in [6.45, 7) is 12.7. The summed E-state index contributed by atoms with van der Waals surface area (Å²) in [5.74, 6) is 1.85. The van der Waals surface area contributed by atoms with Crippen molar-refractivity contribution in [3.63, 3.8) is 0 Å². The monoisotopic (exact) mass is 658 g/mol. The summed E-state index contributed by atoms with van der Waals surface area (Å²) in [7, 11) is 0. The number of likely N-dealkylation sites (tertiary alicyclic amines) is 1. The van der Waals surface area contributed by atoms with Crippen molar-refractivity contribution >= 4 is 23.2 Å². The zero-order valence-electron chi connectivity index (χ0n) is 28.6. The van der Waals surface area contributed by atoms with Crippen LogP contribution in [0.4, 0.5) is 5.95 Å². The van der Waals surface area contributed by atoms with Gasteiger partial charge in [0.25, 0.3) is 5.95 Å². The SMILES string of the molecule is Cc1cccc(C)c1-c1cc2nc(n1)N[S+]([O-])c1cccc(c1)CCC([C@H]1C[C@@]3(CCCN(C(=O)CO)C3)C1)[C@H](CC(C)(C)C)CO2. The summed E-state index contributed by atoms with van der Waals surface area (Å²) >= 11 is -1.54. The normalized spacial score (nSPS) is 26.5. The van der Waals surface area contributed by atoms with Gasteiger partial charge in [0.2, 0.25) is 11.8 Å². The highest BCUT2D eigenvalue weighted by molar-refractivity contribution is 7.92. The lowest BCUT2D eigenvalue weighted by Crippen LogP contribution is -2.54. The topological polar surface area (TPSA) is 111 Å². The van der Waals surface area contributed by atoms with Gasteiger partial charge in [-0.15, -0.1) is 0 Å². The second-order valence-corrected chi connectivity index (χ2v) is 16.7. The number of carbonyl (C=O) groups is 1. The van der Waals surface area contributed by atoms with E-state index in [9.17, 15) is 14.5 Å². The highest BCUT2D eigenvalue weighted by Crippen LogP contribution is 2.56. The van der Waals surface area contributed by atoms with E-state index in [-0.39, 0.29) is 22.7 Å². The molecule has 3 heterocycles. The minimum Gasteiger partial charge on any atom is -0.588 e. The zero-order valence-corrected chi connectivity index (χ0v) is 29.4. The number of amides is 1. The van der Waals surface area contributed by atoms with Crippen molar-refractivity contribution in [3.8, 4) is 17.1 Å². The first kappa shape index (κ1) is 33.7. The van der Waals surface area contributed by atoms with E-state index >= 15 is 0 Å². The molecule has 252 valence electrons. The van der Waals surface area contributed by atoms with Crippen LogP contribution >= 0.6 is 0 Å². The lowest BCUT2D eigenvalue weighted by atomic mass is 9.52. The van der Waals surface area contributed by atoms with Crippen molar-refractivity contribution in [2.24, 2.45) is 28.6 Å². The summed E-state index contributed by atoms with van der Waals surface area (Å²) in [6.07, 6.45) is 7.24. The van der Waals surface area contributed by atoms with Gasteiger partial charge >= 0.3 is 0 Å². The first-order valence-electron chi connectivity index (χ1n) is 17.2. The molecule has 3 atom stereocenters. The zero-order chi connectivity index (χ0) is 33.3. The number of piperidine rings is 1. The van der Waals surface area contributed by atoms with E-state index in [4.69, 9.17) is 14.7 Å². The van der Waals surface area contributed by atoms with Gasteiger partial charge in [-0.2, -0.15) is 9.71 Å². The van der Waals surface area contributed by atoms with Crippen LogP contribution in [0.15, 0.2) is 53.4 Å². The van der Waals surface area contributed by atoms with Gasteiger partial charge in [-0.25, -0.2) is 4.98 Å². The summed E-state index contributed by atoms with van der Waals surface area (Å²) in [5.41, 5.74) is 5.41. The first-order chi connectivity index (χ1) is 22.4. The molecule has 1 saturated heterocycles. The Morgan fingerprint density at radius 2 is 1.87 bits per heavy atom. The van der Waals surface area contributed by atoms with Gasteiger partial charge in [-0.05, 0) is 116 Å². The molecule has 1 saturated carbocycles. The van der Waals surface area contributed by atoms with Crippen molar-refractivity contribution < 1.29 is 19.2 Å². The molecular formula is C38H50N4O4S. The number of rotatable bonds is 4. The molecule has 47 heavy (non-hydrogen) atoms. The largest absolute Gasteiger partial charge is 0.588 e. The van der Waals surface area contributed by atoms with Gasteiger partial charge in [0.1, 0.15) is 18.0 Å². The van der Waals surface area contributed by atoms with Crippen LogP contribution in [0, 0.1) is 42.4 Å². The average Bonchev–Trinajstić information content (AvgIpc) is 3.01. The van der Waals surface area contributed by atoms with E-state index in [1.807, 2.05) is 29.2 Å². The maximum Gasteiger partial charge on any atom is 0.269 e. The number of aliphatic hydroxyl groups is 1. The molecule has 2 aliphatic heterocycles. The first-order valence-corrected chi connectivity index (χ1v) is 18.3. The van der Waals surface area contributed by atoms with Gasteiger partial charge in [0.05, 0.1) is 12.3 Å². The number of anilines is 1. The number of aryl methyl sites for hydroxylation is 3. The Hall–Kier alpha value is -3.14. The molecule has 3 aromatic rings. The highest BCUT2D eigenvalue weighted by Gasteiger charge is 2.51. The number of fused-ring (bicyclic) bond motifs is 4. The average molecular weight is 659 g/mol. The third kappa shape index (κ3) is 7.79. The summed E-state index contributed by atoms with van der Waals surface area (Å²) in [5, 5.41) is 9.53. The maximum absolute atomic E-state index is 13.6. The molecule has 3 aliphatic rings. The number of ether oxygens (including phenoxy) is 1. The second-order valence-electron chi connectivity index (χ2n) is 15.5. The van der Waals surface area contributed by atoms with Crippen LogP contribution < -0.4 is 9.46 Å². The number of nitrogens with one attached hydrogen (secondary N) is 1. The molecule has 6 rings (SSSR count). The lowest BCUT2D eigenvalue weighted by molar-refractivity contribution is -0.142. The Kier molecular flexibility index (Phi) is 9.89. The summed E-state index contributed by atoms with van der Waals surface area (Å²) < 4.78 is 23.3. The van der Waals surface area contributed by atoms with Crippen molar-refractivity contribution in [3.05, 3.63) is 65.2 Å². The highest BCUT2D eigenvalue weighted by atomic mass is 32.2. The second kappa shape index (κ2) is 13.8. The van der Waals surface area contributed by atoms with Crippen LogP contribution in [0.3, 0.4) is 0 Å². The van der Waals surface area contributed by atoms with E-state index in [0.717, 1.165) is 80.4 Å². The number of hydrogen-bond acceptors (Lipinski definition) is 7. The summed E-state index contributed by atoms with van der Waals surface area (Å²) in [6, 6.07) is 16.2. The van der Waals surface area contributed by atoms with Gasteiger partial charge in [0, 0.05) is 24.7 Å². The molecule has 1 spiro atoms. The quantitative estimate of drug-likeness (QED) is 0.294. The molecule has 9 heteroatoms. The fraction of sp³-hybridized carbons (Fsp3) is 0.553.